The molecule has 0 radical (unpaired) electrons. The summed E-state index contributed by atoms with van der Waals surface area (Å²) >= 11 is 0. The normalized spacial score (nSPS) is 0. The van der Waals surface area contributed by atoms with Crippen molar-refractivity contribution >= 4 is 55.1 Å². The number of hydrogen-bond acceptors (Lipinski definition) is 0. The maximum atomic E-state index is 0. The van der Waals surface area contributed by atoms with Gasteiger partial charge in [-0.3, -0.25) is 0 Å². The number of hydrogen-bond donors (Lipinski definition) is 0. The molecule has 0 aromatic carbocycles. The van der Waals surface area contributed by atoms with Crippen molar-refractivity contribution in [1.29, 1.82) is 0 Å². The molecular formula is H11AlCaO3. The van der Waals surface area contributed by atoms with Crippen LogP contribution in [0.3, 0.4) is 0 Å². The molecule has 0 saturated heterocycles. The molecule has 0 saturated carbocycles. The molecule has 0 aromatic rings. The molecule has 0 fully saturated rings. The first-order valence-electron chi connectivity index (χ1n) is 0. The van der Waals surface area contributed by atoms with Crippen LogP contribution in [0.5, 0.6) is 0 Å². The van der Waals surface area contributed by atoms with Crippen LogP contribution in [0.2, 0.25) is 0 Å². The van der Waals surface area contributed by atoms with Gasteiger partial charge in [0.25, 0.3) is 0 Å². The summed E-state index contributed by atoms with van der Waals surface area (Å²) in [7, 11) is 0. The Bertz CT molecular complexity index is 6.85. The zero-order valence-electron chi connectivity index (χ0n) is 1.50. The van der Waals surface area contributed by atoms with Gasteiger partial charge in [0.2, 0.25) is 0 Å². The third kappa shape index (κ3) is 27.4. The molecule has 0 aliphatic heterocycles. The van der Waals surface area contributed by atoms with Crippen molar-refractivity contribution < 1.29 is 16.4 Å². The second kappa shape index (κ2) is 44.3. The number of rotatable bonds is 0. The van der Waals surface area contributed by atoms with Gasteiger partial charge in [0.1, 0.15) is 0 Å². The summed E-state index contributed by atoms with van der Waals surface area (Å²) in [5.74, 6) is 0. The summed E-state index contributed by atoms with van der Waals surface area (Å²) in [5.41, 5.74) is 0. The van der Waals surface area contributed by atoms with E-state index < -0.39 is 0 Å². The van der Waals surface area contributed by atoms with E-state index >= 15 is 0 Å². The van der Waals surface area contributed by atoms with Gasteiger partial charge in [-0.1, -0.05) is 0 Å². The Hall–Kier alpha value is 1.67. The van der Waals surface area contributed by atoms with Crippen LogP contribution in [0.1, 0.15) is 0 Å². The Labute approximate surface area is 70.8 Å². The van der Waals surface area contributed by atoms with Crippen LogP contribution in [0.4, 0.5) is 0 Å². The summed E-state index contributed by atoms with van der Waals surface area (Å²) in [4.78, 5) is 0. The molecule has 34 valence electrons. The van der Waals surface area contributed by atoms with Gasteiger partial charge in [-0.05, 0) is 0 Å². The van der Waals surface area contributed by atoms with Crippen LogP contribution in [-0.2, 0) is 0 Å². The fourth-order valence-corrected chi connectivity index (χ4v) is 0. The second-order valence-electron chi connectivity index (χ2n) is 0. The van der Waals surface area contributed by atoms with Gasteiger partial charge in [0, 0.05) is 0 Å². The summed E-state index contributed by atoms with van der Waals surface area (Å²) < 4.78 is 0. The molecule has 5 heteroatoms. The molecular weight excluding hydrogens is 115 g/mol. The molecule has 0 spiro atoms. The zero-order valence-corrected chi connectivity index (χ0v) is 1.50. The van der Waals surface area contributed by atoms with Crippen molar-refractivity contribution in [3.8, 4) is 0 Å². The summed E-state index contributed by atoms with van der Waals surface area (Å²) in [6.45, 7) is 0. The van der Waals surface area contributed by atoms with E-state index in [9.17, 15) is 0 Å². The molecule has 0 heterocycles. The molecule has 0 aliphatic rings. The third-order valence-corrected chi connectivity index (χ3v) is 0. The summed E-state index contributed by atoms with van der Waals surface area (Å²) in [6, 6.07) is 0. The Balaban J connectivity index is 0. The van der Waals surface area contributed by atoms with Crippen LogP contribution in [-0.4, -0.2) is 71.5 Å². The van der Waals surface area contributed by atoms with Gasteiger partial charge >= 0.3 is 37.7 Å². The molecule has 0 aromatic heterocycles. The Morgan fingerprint density at radius 2 is 0.600 bits per heavy atom. The standard InChI is InChI=1S/Al.Ca.3H2O.5H/h;;3*1H2;;;;;. The maximum absolute atomic E-state index is 0. The van der Waals surface area contributed by atoms with Crippen molar-refractivity contribution in [1.82, 2.24) is 0 Å². The molecule has 0 aliphatic carbocycles. The zero-order chi connectivity index (χ0) is 0. The molecule has 6 N–H and O–H groups in total. The quantitative estimate of drug-likeness (QED) is 0.292. The van der Waals surface area contributed by atoms with Crippen LogP contribution in [0.25, 0.3) is 0 Å². The van der Waals surface area contributed by atoms with E-state index in [1.54, 1.807) is 0 Å². The second-order valence-corrected chi connectivity index (χ2v) is 0. The molecule has 0 bridgehead atoms. The van der Waals surface area contributed by atoms with E-state index in [4.69, 9.17) is 0 Å². The van der Waals surface area contributed by atoms with E-state index in [1.165, 1.54) is 0 Å². The van der Waals surface area contributed by atoms with E-state index in [-0.39, 0.29) is 71.5 Å². The monoisotopic (exact) mass is 126 g/mol. The van der Waals surface area contributed by atoms with E-state index in [0.29, 0.717) is 0 Å². The van der Waals surface area contributed by atoms with Gasteiger partial charge < -0.3 is 16.4 Å². The fraction of sp³-hybridized carbons (Fsp3) is 0. The Morgan fingerprint density at radius 3 is 0.600 bits per heavy atom. The van der Waals surface area contributed by atoms with E-state index in [1.807, 2.05) is 0 Å². The molecule has 5 heavy (non-hydrogen) atoms. The summed E-state index contributed by atoms with van der Waals surface area (Å²) in [6.07, 6.45) is 0. The molecule has 0 atom stereocenters. The van der Waals surface area contributed by atoms with Crippen LogP contribution in [0, 0.1) is 0 Å². The van der Waals surface area contributed by atoms with Gasteiger partial charge in [-0.15, -0.1) is 0 Å². The average Bonchev–Trinajstić information content (AvgIpc) is 0. The van der Waals surface area contributed by atoms with E-state index in [0.717, 1.165) is 0 Å². The van der Waals surface area contributed by atoms with Crippen LogP contribution >= 0.6 is 0 Å². The topological polar surface area (TPSA) is 94.5 Å². The molecule has 0 amide bonds. The first kappa shape index (κ1) is 76.8. The van der Waals surface area contributed by atoms with Crippen molar-refractivity contribution in [3.63, 3.8) is 0 Å². The Kier molecular flexibility index (Phi) is 680. The van der Waals surface area contributed by atoms with Crippen molar-refractivity contribution in [2.24, 2.45) is 0 Å². The van der Waals surface area contributed by atoms with Crippen LogP contribution in [0.15, 0.2) is 0 Å². The van der Waals surface area contributed by atoms with Gasteiger partial charge in [-0.2, -0.15) is 0 Å². The Morgan fingerprint density at radius 1 is 0.600 bits per heavy atom. The first-order valence-corrected chi connectivity index (χ1v) is 0. The van der Waals surface area contributed by atoms with E-state index in [2.05, 4.69) is 0 Å². The minimum atomic E-state index is 0. The molecule has 0 unspecified atom stereocenters. The van der Waals surface area contributed by atoms with Crippen molar-refractivity contribution in [3.05, 3.63) is 0 Å². The minimum absolute atomic E-state index is 0. The van der Waals surface area contributed by atoms with Crippen molar-refractivity contribution in [2.45, 2.75) is 0 Å². The van der Waals surface area contributed by atoms with Gasteiger partial charge in [0.15, 0.2) is 17.4 Å². The van der Waals surface area contributed by atoms with Gasteiger partial charge in [-0.25, -0.2) is 0 Å². The first-order chi connectivity index (χ1) is 0. The fourth-order valence-electron chi connectivity index (χ4n) is 0. The average molecular weight is 126 g/mol. The SMILES string of the molecule is O.O.O.[AlH3].[CaH2]. The van der Waals surface area contributed by atoms with Crippen LogP contribution < -0.4 is 0 Å². The van der Waals surface area contributed by atoms with Gasteiger partial charge in [0.05, 0.1) is 0 Å². The third-order valence-electron chi connectivity index (χ3n) is 0. The summed E-state index contributed by atoms with van der Waals surface area (Å²) in [5, 5.41) is 0. The predicted molar refractivity (Wildman–Crippen MR) is 29.3 cm³/mol. The molecule has 3 nitrogen and oxygen atoms in total. The van der Waals surface area contributed by atoms with Crippen molar-refractivity contribution in [2.75, 3.05) is 0 Å². The molecule has 0 rings (SSSR count). The predicted octanol–water partition coefficient (Wildman–Crippen LogP) is -4.57.